The standard InChI is InChI=1S/C15H14Cl2O2/c1-19-9-10-2-4-11(5-3-10)15(18)13-8-12(16)6-7-14(13)17/h2-8,15,18H,9H2,1H3. The quantitative estimate of drug-likeness (QED) is 0.915. The molecule has 0 saturated carbocycles. The van der Waals surface area contributed by atoms with Crippen molar-refractivity contribution in [3.63, 3.8) is 0 Å². The number of benzene rings is 2. The molecule has 0 spiro atoms. The van der Waals surface area contributed by atoms with Crippen molar-refractivity contribution in [2.75, 3.05) is 7.11 Å². The van der Waals surface area contributed by atoms with E-state index in [9.17, 15) is 5.11 Å². The monoisotopic (exact) mass is 296 g/mol. The van der Waals surface area contributed by atoms with E-state index in [2.05, 4.69) is 0 Å². The maximum atomic E-state index is 10.3. The molecule has 0 heterocycles. The van der Waals surface area contributed by atoms with Gasteiger partial charge in [0.1, 0.15) is 6.10 Å². The van der Waals surface area contributed by atoms with E-state index in [1.807, 2.05) is 24.3 Å². The Morgan fingerprint density at radius 3 is 2.42 bits per heavy atom. The Morgan fingerprint density at radius 2 is 1.79 bits per heavy atom. The summed E-state index contributed by atoms with van der Waals surface area (Å²) >= 11 is 12.0. The third-order valence-electron chi connectivity index (χ3n) is 2.86. The van der Waals surface area contributed by atoms with Gasteiger partial charge in [-0.05, 0) is 29.3 Å². The number of aliphatic hydroxyl groups is 1. The largest absolute Gasteiger partial charge is 0.384 e. The van der Waals surface area contributed by atoms with Gasteiger partial charge in [-0.25, -0.2) is 0 Å². The summed E-state index contributed by atoms with van der Waals surface area (Å²) in [6.07, 6.45) is -0.789. The highest BCUT2D eigenvalue weighted by Crippen LogP contribution is 2.30. The van der Waals surface area contributed by atoms with Crippen LogP contribution in [0.1, 0.15) is 22.8 Å². The zero-order valence-corrected chi connectivity index (χ0v) is 11.9. The van der Waals surface area contributed by atoms with Crippen LogP contribution in [0.2, 0.25) is 10.0 Å². The fourth-order valence-corrected chi connectivity index (χ4v) is 2.27. The van der Waals surface area contributed by atoms with Crippen LogP contribution >= 0.6 is 23.2 Å². The van der Waals surface area contributed by atoms with Crippen molar-refractivity contribution >= 4 is 23.2 Å². The van der Waals surface area contributed by atoms with Gasteiger partial charge in [0.25, 0.3) is 0 Å². The van der Waals surface area contributed by atoms with E-state index in [4.69, 9.17) is 27.9 Å². The third-order valence-corrected chi connectivity index (χ3v) is 3.44. The summed E-state index contributed by atoms with van der Waals surface area (Å²) in [6, 6.07) is 12.6. The van der Waals surface area contributed by atoms with Gasteiger partial charge in [-0.1, -0.05) is 47.5 Å². The molecule has 1 N–H and O–H groups in total. The van der Waals surface area contributed by atoms with Crippen LogP contribution in [0.5, 0.6) is 0 Å². The summed E-state index contributed by atoms with van der Waals surface area (Å²) < 4.78 is 5.05. The lowest BCUT2D eigenvalue weighted by Crippen LogP contribution is -2.01. The Morgan fingerprint density at radius 1 is 1.11 bits per heavy atom. The predicted molar refractivity (Wildman–Crippen MR) is 77.7 cm³/mol. The van der Waals surface area contributed by atoms with E-state index in [1.165, 1.54) is 0 Å². The average Bonchev–Trinajstić information content (AvgIpc) is 2.42. The summed E-state index contributed by atoms with van der Waals surface area (Å²) in [4.78, 5) is 0. The Bertz CT molecular complexity index is 553. The second kappa shape index (κ2) is 6.40. The zero-order valence-electron chi connectivity index (χ0n) is 10.4. The molecule has 0 radical (unpaired) electrons. The molecule has 2 nitrogen and oxygen atoms in total. The first-order valence-electron chi connectivity index (χ1n) is 5.82. The highest BCUT2D eigenvalue weighted by molar-refractivity contribution is 6.33. The van der Waals surface area contributed by atoms with Gasteiger partial charge >= 0.3 is 0 Å². The van der Waals surface area contributed by atoms with Crippen LogP contribution in [-0.2, 0) is 11.3 Å². The molecule has 19 heavy (non-hydrogen) atoms. The lowest BCUT2D eigenvalue weighted by atomic mass is 10.0. The second-order valence-electron chi connectivity index (χ2n) is 4.24. The van der Waals surface area contributed by atoms with Crippen LogP contribution in [0.25, 0.3) is 0 Å². The molecular weight excluding hydrogens is 283 g/mol. The smallest absolute Gasteiger partial charge is 0.106 e. The predicted octanol–water partition coefficient (Wildman–Crippen LogP) is 4.22. The van der Waals surface area contributed by atoms with E-state index in [0.29, 0.717) is 22.2 Å². The van der Waals surface area contributed by atoms with E-state index >= 15 is 0 Å². The van der Waals surface area contributed by atoms with Crippen molar-refractivity contribution in [2.45, 2.75) is 12.7 Å². The molecule has 0 aliphatic heterocycles. The Balaban J connectivity index is 2.27. The molecule has 2 rings (SSSR count). The van der Waals surface area contributed by atoms with Crippen molar-refractivity contribution in [3.8, 4) is 0 Å². The number of hydrogen-bond acceptors (Lipinski definition) is 2. The van der Waals surface area contributed by atoms with Gasteiger partial charge in [0.05, 0.1) is 6.61 Å². The number of aliphatic hydroxyl groups excluding tert-OH is 1. The van der Waals surface area contributed by atoms with E-state index in [0.717, 1.165) is 11.1 Å². The topological polar surface area (TPSA) is 29.5 Å². The molecular formula is C15H14Cl2O2. The molecule has 0 aromatic heterocycles. The van der Waals surface area contributed by atoms with Crippen LogP contribution < -0.4 is 0 Å². The number of methoxy groups -OCH3 is 1. The molecule has 0 saturated heterocycles. The van der Waals surface area contributed by atoms with Crippen LogP contribution in [0.3, 0.4) is 0 Å². The number of rotatable bonds is 4. The minimum atomic E-state index is -0.789. The Labute approximate surface area is 122 Å². The summed E-state index contributed by atoms with van der Waals surface area (Å²) in [6.45, 7) is 0.550. The zero-order chi connectivity index (χ0) is 13.8. The second-order valence-corrected chi connectivity index (χ2v) is 5.09. The van der Waals surface area contributed by atoms with Crippen LogP contribution in [0, 0.1) is 0 Å². The third kappa shape index (κ3) is 3.48. The first-order chi connectivity index (χ1) is 9.11. The first kappa shape index (κ1) is 14.4. The number of halogens is 2. The highest BCUT2D eigenvalue weighted by Gasteiger charge is 2.14. The van der Waals surface area contributed by atoms with Crippen LogP contribution in [0.15, 0.2) is 42.5 Å². The lowest BCUT2D eigenvalue weighted by molar-refractivity contribution is 0.184. The molecule has 1 unspecified atom stereocenters. The summed E-state index contributed by atoms with van der Waals surface area (Å²) in [7, 11) is 1.65. The molecule has 0 amide bonds. The van der Waals surface area contributed by atoms with Crippen molar-refractivity contribution in [1.29, 1.82) is 0 Å². The highest BCUT2D eigenvalue weighted by atomic mass is 35.5. The molecule has 0 fully saturated rings. The molecule has 2 aromatic carbocycles. The molecule has 2 aromatic rings. The van der Waals surface area contributed by atoms with Gasteiger partial charge in [0, 0.05) is 22.7 Å². The van der Waals surface area contributed by atoms with Gasteiger partial charge in [-0.15, -0.1) is 0 Å². The molecule has 4 heteroatoms. The fourth-order valence-electron chi connectivity index (χ4n) is 1.87. The molecule has 0 aliphatic carbocycles. The minimum absolute atomic E-state index is 0.498. The van der Waals surface area contributed by atoms with Gasteiger partial charge in [0.15, 0.2) is 0 Å². The van der Waals surface area contributed by atoms with Crippen LogP contribution in [-0.4, -0.2) is 12.2 Å². The van der Waals surface area contributed by atoms with Crippen LogP contribution in [0.4, 0.5) is 0 Å². The molecule has 0 aliphatic rings. The van der Waals surface area contributed by atoms with Gasteiger partial charge in [-0.3, -0.25) is 0 Å². The average molecular weight is 297 g/mol. The summed E-state index contributed by atoms with van der Waals surface area (Å²) in [5, 5.41) is 11.4. The van der Waals surface area contributed by atoms with Crippen molar-refractivity contribution in [3.05, 3.63) is 69.2 Å². The maximum absolute atomic E-state index is 10.3. The Kier molecular flexibility index (Phi) is 4.83. The van der Waals surface area contributed by atoms with E-state index in [1.54, 1.807) is 25.3 Å². The number of hydrogen-bond donors (Lipinski definition) is 1. The van der Waals surface area contributed by atoms with Gasteiger partial charge in [0.2, 0.25) is 0 Å². The fraction of sp³-hybridized carbons (Fsp3) is 0.200. The normalized spacial score (nSPS) is 12.4. The Hall–Kier alpha value is -1.06. The summed E-state index contributed by atoms with van der Waals surface area (Å²) in [5.41, 5.74) is 2.42. The van der Waals surface area contributed by atoms with Crippen molar-refractivity contribution < 1.29 is 9.84 Å². The molecule has 0 bridgehead atoms. The van der Waals surface area contributed by atoms with Crippen molar-refractivity contribution in [1.82, 2.24) is 0 Å². The molecule has 100 valence electrons. The number of ether oxygens (including phenoxy) is 1. The van der Waals surface area contributed by atoms with Crippen molar-refractivity contribution in [2.24, 2.45) is 0 Å². The minimum Gasteiger partial charge on any atom is -0.384 e. The lowest BCUT2D eigenvalue weighted by Gasteiger charge is -2.14. The summed E-state index contributed by atoms with van der Waals surface area (Å²) in [5.74, 6) is 0. The maximum Gasteiger partial charge on any atom is 0.106 e. The first-order valence-corrected chi connectivity index (χ1v) is 6.58. The van der Waals surface area contributed by atoms with E-state index < -0.39 is 6.10 Å². The molecule has 1 atom stereocenters. The van der Waals surface area contributed by atoms with Gasteiger partial charge in [-0.2, -0.15) is 0 Å². The van der Waals surface area contributed by atoms with E-state index in [-0.39, 0.29) is 0 Å². The SMILES string of the molecule is COCc1ccc(C(O)c2cc(Cl)ccc2Cl)cc1. The van der Waals surface area contributed by atoms with Gasteiger partial charge < -0.3 is 9.84 Å².